The van der Waals surface area contributed by atoms with Gasteiger partial charge >= 0.3 is 5.63 Å². The lowest BCUT2D eigenvalue weighted by atomic mass is 9.97. The van der Waals surface area contributed by atoms with E-state index in [-0.39, 0.29) is 17.2 Å². The fourth-order valence-electron chi connectivity index (χ4n) is 3.62. The summed E-state index contributed by atoms with van der Waals surface area (Å²) in [5, 5.41) is 1.40. The molecule has 0 unspecified atom stereocenters. The maximum Gasteiger partial charge on any atom is 0.336 e. The van der Waals surface area contributed by atoms with E-state index in [4.69, 9.17) is 8.83 Å². The van der Waals surface area contributed by atoms with Crippen molar-refractivity contribution in [3.63, 3.8) is 0 Å². The largest absolute Gasteiger partial charge is 0.452 e. The predicted octanol–water partition coefficient (Wildman–Crippen LogP) is 5.14. The fraction of sp³-hybridized carbons (Fsp3) is 0.0417. The van der Waals surface area contributed by atoms with Gasteiger partial charge < -0.3 is 8.83 Å². The maximum atomic E-state index is 13.2. The van der Waals surface area contributed by atoms with Crippen molar-refractivity contribution in [2.75, 3.05) is 0 Å². The molecule has 5 nitrogen and oxygen atoms in total. The van der Waals surface area contributed by atoms with Gasteiger partial charge in [0, 0.05) is 23.2 Å². The van der Waals surface area contributed by atoms with Gasteiger partial charge in [0.25, 0.3) is 0 Å². The van der Waals surface area contributed by atoms with Crippen molar-refractivity contribution in [1.29, 1.82) is 0 Å². The van der Waals surface area contributed by atoms with Crippen molar-refractivity contribution < 1.29 is 13.6 Å². The number of fused-ring (bicyclic) bond motifs is 3. The van der Waals surface area contributed by atoms with E-state index >= 15 is 0 Å². The highest BCUT2D eigenvalue weighted by Crippen LogP contribution is 2.40. The molecular formula is C24H15NO4. The Morgan fingerprint density at radius 1 is 0.931 bits per heavy atom. The summed E-state index contributed by atoms with van der Waals surface area (Å²) in [4.78, 5) is 29.5. The van der Waals surface area contributed by atoms with Crippen LogP contribution in [0.4, 0.5) is 0 Å². The first-order chi connectivity index (χ1) is 14.1. The van der Waals surface area contributed by atoms with Crippen LogP contribution >= 0.6 is 0 Å². The van der Waals surface area contributed by atoms with Gasteiger partial charge in [-0.2, -0.15) is 0 Å². The molecule has 0 N–H and O–H groups in total. The van der Waals surface area contributed by atoms with Gasteiger partial charge in [0.15, 0.2) is 5.76 Å². The first kappa shape index (κ1) is 17.1. The molecule has 2 aromatic carbocycles. The normalized spacial score (nSPS) is 11.2. The van der Waals surface area contributed by atoms with Crippen molar-refractivity contribution in [3.05, 3.63) is 100 Å². The lowest BCUT2D eigenvalue weighted by molar-refractivity contribution is 0.101. The van der Waals surface area contributed by atoms with Crippen LogP contribution in [0.15, 0.2) is 86.6 Å². The summed E-state index contributed by atoms with van der Waals surface area (Å²) in [6, 6.07) is 19.7. The molecule has 3 aromatic heterocycles. The lowest BCUT2D eigenvalue weighted by Crippen LogP contribution is -2.03. The molecular weight excluding hydrogens is 366 g/mol. The van der Waals surface area contributed by atoms with Crippen molar-refractivity contribution >= 4 is 27.7 Å². The molecule has 5 rings (SSSR count). The Morgan fingerprint density at radius 3 is 2.48 bits per heavy atom. The SMILES string of the molecule is Cc1cc(=O)oc2c1ccc1oc(C(=O)c3ccccn3)c(-c3ccccc3)c12. The van der Waals surface area contributed by atoms with Crippen molar-refractivity contribution in [2.45, 2.75) is 6.92 Å². The highest BCUT2D eigenvalue weighted by molar-refractivity contribution is 6.19. The molecule has 5 aromatic rings. The molecule has 140 valence electrons. The molecule has 0 aliphatic carbocycles. The first-order valence-electron chi connectivity index (χ1n) is 9.14. The molecule has 29 heavy (non-hydrogen) atoms. The van der Waals surface area contributed by atoms with Gasteiger partial charge in [-0.15, -0.1) is 0 Å². The van der Waals surface area contributed by atoms with E-state index in [2.05, 4.69) is 4.98 Å². The topological polar surface area (TPSA) is 73.3 Å². The molecule has 0 saturated heterocycles. The van der Waals surface area contributed by atoms with E-state index in [0.29, 0.717) is 22.1 Å². The molecule has 0 aliphatic rings. The van der Waals surface area contributed by atoms with Gasteiger partial charge in [-0.05, 0) is 42.3 Å². The highest BCUT2D eigenvalue weighted by Gasteiger charge is 2.26. The number of rotatable bonds is 3. The minimum Gasteiger partial charge on any atom is -0.452 e. The van der Waals surface area contributed by atoms with Crippen LogP contribution in [0.1, 0.15) is 21.8 Å². The average Bonchev–Trinajstić information content (AvgIpc) is 3.14. The highest BCUT2D eigenvalue weighted by atomic mass is 16.4. The number of carbonyl (C=O) groups excluding carboxylic acids is 1. The Hall–Kier alpha value is -3.99. The van der Waals surface area contributed by atoms with Crippen molar-refractivity contribution in [2.24, 2.45) is 0 Å². The predicted molar refractivity (Wildman–Crippen MR) is 110 cm³/mol. The van der Waals surface area contributed by atoms with Crippen molar-refractivity contribution in [3.8, 4) is 11.1 Å². The summed E-state index contributed by atoms with van der Waals surface area (Å²) < 4.78 is 11.6. The van der Waals surface area contributed by atoms with Gasteiger partial charge in [0.1, 0.15) is 16.9 Å². The van der Waals surface area contributed by atoms with Crippen molar-refractivity contribution in [1.82, 2.24) is 4.98 Å². The zero-order chi connectivity index (χ0) is 20.0. The Morgan fingerprint density at radius 2 is 1.72 bits per heavy atom. The number of nitrogens with zero attached hydrogens (tertiary/aromatic N) is 1. The Labute approximate surface area is 165 Å². The molecule has 5 heteroatoms. The molecule has 0 amide bonds. The summed E-state index contributed by atoms with van der Waals surface area (Å²) in [5.41, 5.74) is 2.92. The van der Waals surface area contributed by atoms with Gasteiger partial charge in [-0.25, -0.2) is 4.79 Å². The number of furan rings is 1. The quantitative estimate of drug-likeness (QED) is 0.320. The van der Waals surface area contributed by atoms with E-state index in [9.17, 15) is 9.59 Å². The van der Waals surface area contributed by atoms with Crippen LogP contribution in [-0.2, 0) is 0 Å². The van der Waals surface area contributed by atoms with Crippen LogP contribution in [0.3, 0.4) is 0 Å². The first-order valence-corrected chi connectivity index (χ1v) is 9.14. The lowest BCUT2D eigenvalue weighted by Gasteiger charge is -2.05. The number of hydrogen-bond donors (Lipinski definition) is 0. The number of ketones is 1. The zero-order valence-corrected chi connectivity index (χ0v) is 15.5. The van der Waals surface area contributed by atoms with Crippen LogP contribution in [-0.4, -0.2) is 10.8 Å². The minimum absolute atomic E-state index is 0.168. The molecule has 0 saturated carbocycles. The third-order valence-electron chi connectivity index (χ3n) is 4.94. The van der Waals surface area contributed by atoms with Crippen LogP contribution in [0.25, 0.3) is 33.1 Å². The molecule has 0 bridgehead atoms. The smallest absolute Gasteiger partial charge is 0.336 e. The van der Waals surface area contributed by atoms with Crippen LogP contribution < -0.4 is 5.63 Å². The van der Waals surface area contributed by atoms with E-state index in [1.54, 1.807) is 30.5 Å². The van der Waals surface area contributed by atoms with Gasteiger partial charge in [0.05, 0.1) is 5.39 Å². The zero-order valence-electron chi connectivity index (χ0n) is 15.5. The van der Waals surface area contributed by atoms with E-state index in [0.717, 1.165) is 16.5 Å². The van der Waals surface area contributed by atoms with E-state index in [1.807, 2.05) is 43.3 Å². The molecule has 3 heterocycles. The Bertz CT molecular complexity index is 1430. The standard InChI is InChI=1S/C24H15NO4/c1-14-13-19(26)29-23-16(14)10-11-18-21(23)20(15-7-3-2-4-8-15)24(28-18)22(27)17-9-5-6-12-25-17/h2-13H,1H3. The van der Waals surface area contributed by atoms with E-state index < -0.39 is 5.63 Å². The second-order valence-corrected chi connectivity index (χ2v) is 6.78. The number of pyridine rings is 1. The average molecular weight is 381 g/mol. The molecule has 0 spiro atoms. The monoisotopic (exact) mass is 381 g/mol. The van der Waals surface area contributed by atoms with E-state index in [1.165, 1.54) is 6.07 Å². The Balaban J connectivity index is 1.93. The number of hydrogen-bond acceptors (Lipinski definition) is 5. The number of aryl methyl sites for hydroxylation is 1. The summed E-state index contributed by atoms with van der Waals surface area (Å²) in [6.45, 7) is 1.85. The van der Waals surface area contributed by atoms with Crippen LogP contribution in [0.2, 0.25) is 0 Å². The molecule has 0 radical (unpaired) electrons. The third-order valence-corrected chi connectivity index (χ3v) is 4.94. The molecule has 0 atom stereocenters. The second kappa shape index (κ2) is 6.56. The summed E-state index contributed by atoms with van der Waals surface area (Å²) in [7, 11) is 0. The number of carbonyl (C=O) groups is 1. The second-order valence-electron chi connectivity index (χ2n) is 6.78. The third kappa shape index (κ3) is 2.75. The summed E-state index contributed by atoms with van der Waals surface area (Å²) >= 11 is 0. The summed E-state index contributed by atoms with van der Waals surface area (Å²) in [6.07, 6.45) is 1.57. The molecule has 0 aliphatic heterocycles. The fourth-order valence-corrected chi connectivity index (χ4v) is 3.62. The van der Waals surface area contributed by atoms with Gasteiger partial charge in [0.2, 0.25) is 5.78 Å². The number of benzene rings is 2. The van der Waals surface area contributed by atoms with Crippen LogP contribution in [0.5, 0.6) is 0 Å². The van der Waals surface area contributed by atoms with Gasteiger partial charge in [-0.1, -0.05) is 36.4 Å². The molecule has 0 fully saturated rings. The minimum atomic E-state index is -0.444. The number of aromatic nitrogens is 1. The van der Waals surface area contributed by atoms with Crippen LogP contribution in [0, 0.1) is 6.92 Å². The Kier molecular flexibility index (Phi) is 3.88. The maximum absolute atomic E-state index is 13.2. The van der Waals surface area contributed by atoms with Gasteiger partial charge in [-0.3, -0.25) is 9.78 Å². The summed E-state index contributed by atoms with van der Waals surface area (Å²) in [5.74, 6) is -0.162.